The number of methoxy groups -OCH3 is 1. The molecule has 4 aromatic rings. The summed E-state index contributed by atoms with van der Waals surface area (Å²) in [6.07, 6.45) is 2.18. The van der Waals surface area contributed by atoms with Gasteiger partial charge in [0.2, 0.25) is 5.91 Å². The molecule has 0 spiro atoms. The van der Waals surface area contributed by atoms with Crippen LogP contribution in [0.4, 0.5) is 5.69 Å². The molecular weight excluding hydrogens is 438 g/mol. The highest BCUT2D eigenvalue weighted by molar-refractivity contribution is 6.12. The fourth-order valence-electron chi connectivity index (χ4n) is 5.71. The van der Waals surface area contributed by atoms with Gasteiger partial charge in [0, 0.05) is 47.2 Å². The number of rotatable bonds is 3. The van der Waals surface area contributed by atoms with Gasteiger partial charge in [0.1, 0.15) is 5.75 Å². The van der Waals surface area contributed by atoms with E-state index >= 15 is 0 Å². The highest BCUT2D eigenvalue weighted by Gasteiger charge is 2.42. The molecule has 0 bridgehead atoms. The molecule has 0 unspecified atom stereocenters. The number of hydrogen-bond acceptors (Lipinski definition) is 4. The van der Waals surface area contributed by atoms with Gasteiger partial charge < -0.3 is 14.6 Å². The minimum absolute atomic E-state index is 0.233. The largest absolute Gasteiger partial charge is 0.496 e. The molecule has 3 heterocycles. The Kier molecular flexibility index (Phi) is 4.74. The van der Waals surface area contributed by atoms with Crippen LogP contribution in [-0.4, -0.2) is 34.9 Å². The van der Waals surface area contributed by atoms with E-state index in [1.807, 2.05) is 30.3 Å². The lowest BCUT2D eigenvalue weighted by atomic mass is 9.82. The first kappa shape index (κ1) is 21.5. The third-order valence-electron chi connectivity index (χ3n) is 7.27. The summed E-state index contributed by atoms with van der Waals surface area (Å²) in [4.78, 5) is 27.5. The van der Waals surface area contributed by atoms with E-state index in [-0.39, 0.29) is 30.3 Å². The summed E-state index contributed by atoms with van der Waals surface area (Å²) in [5.41, 5.74) is 5.59. The highest BCUT2D eigenvalue weighted by Crippen LogP contribution is 2.49. The molecule has 176 valence electrons. The van der Waals surface area contributed by atoms with Gasteiger partial charge in [0.25, 0.3) is 5.91 Å². The Morgan fingerprint density at radius 2 is 1.80 bits per heavy atom. The second kappa shape index (κ2) is 7.73. The van der Waals surface area contributed by atoms with Crippen LogP contribution in [0.1, 0.15) is 43.9 Å². The number of benzene rings is 3. The summed E-state index contributed by atoms with van der Waals surface area (Å²) < 4.78 is 7.92. The van der Waals surface area contributed by atoms with Gasteiger partial charge >= 0.3 is 0 Å². The smallest absolute Gasteiger partial charge is 0.259 e. The minimum Gasteiger partial charge on any atom is -0.496 e. The van der Waals surface area contributed by atoms with Gasteiger partial charge in [0.05, 0.1) is 24.7 Å². The molecule has 0 saturated carbocycles. The SMILES string of the molecule is COc1ccc([C@H]2C3=C(CN(C(C)=O)C3=O)Nc3cccc4c3c2cn4C(C)C)c2ccccc12. The van der Waals surface area contributed by atoms with Gasteiger partial charge in [0.15, 0.2) is 0 Å². The summed E-state index contributed by atoms with van der Waals surface area (Å²) in [7, 11) is 1.67. The molecule has 1 N–H and O–H groups in total. The molecule has 0 aliphatic carbocycles. The van der Waals surface area contributed by atoms with E-state index in [1.54, 1.807) is 7.11 Å². The zero-order chi connectivity index (χ0) is 24.4. The Morgan fingerprint density at radius 3 is 2.51 bits per heavy atom. The van der Waals surface area contributed by atoms with Crippen LogP contribution < -0.4 is 10.1 Å². The van der Waals surface area contributed by atoms with E-state index < -0.39 is 0 Å². The lowest BCUT2D eigenvalue weighted by Crippen LogP contribution is -2.33. The van der Waals surface area contributed by atoms with Gasteiger partial charge in [-0.3, -0.25) is 14.5 Å². The number of carbonyl (C=O) groups excluding carboxylic acids is 2. The topological polar surface area (TPSA) is 63.6 Å². The number of amides is 2. The second-order valence-corrected chi connectivity index (χ2v) is 9.55. The normalized spacial score (nSPS) is 17.2. The van der Waals surface area contributed by atoms with Crippen molar-refractivity contribution < 1.29 is 14.3 Å². The first-order chi connectivity index (χ1) is 16.9. The summed E-state index contributed by atoms with van der Waals surface area (Å²) >= 11 is 0. The number of anilines is 1. The molecule has 35 heavy (non-hydrogen) atoms. The molecular formula is C29H27N3O3. The van der Waals surface area contributed by atoms with E-state index in [2.05, 4.69) is 54.2 Å². The predicted molar refractivity (Wildman–Crippen MR) is 138 cm³/mol. The zero-order valence-corrected chi connectivity index (χ0v) is 20.3. The van der Waals surface area contributed by atoms with Gasteiger partial charge in [-0.2, -0.15) is 0 Å². The minimum atomic E-state index is -0.337. The Bertz CT molecular complexity index is 1580. The highest BCUT2D eigenvalue weighted by atomic mass is 16.5. The van der Waals surface area contributed by atoms with Gasteiger partial charge in [-0.15, -0.1) is 0 Å². The molecule has 0 radical (unpaired) electrons. The molecule has 0 fully saturated rings. The molecule has 2 amide bonds. The number of hydrogen-bond donors (Lipinski definition) is 1. The number of carbonyl (C=O) groups is 2. The fraction of sp³-hybridized carbons (Fsp3) is 0.241. The summed E-state index contributed by atoms with van der Waals surface area (Å²) in [5.74, 6) is -0.0282. The Morgan fingerprint density at radius 1 is 1.03 bits per heavy atom. The van der Waals surface area contributed by atoms with Crippen LogP contribution in [-0.2, 0) is 9.59 Å². The van der Waals surface area contributed by atoms with E-state index in [0.29, 0.717) is 5.57 Å². The Balaban J connectivity index is 1.72. The molecule has 1 atom stereocenters. The monoisotopic (exact) mass is 465 g/mol. The van der Waals surface area contributed by atoms with Crippen LogP contribution >= 0.6 is 0 Å². The van der Waals surface area contributed by atoms with Crippen molar-refractivity contribution in [1.29, 1.82) is 0 Å². The Labute approximate surface area is 203 Å². The van der Waals surface area contributed by atoms with Crippen molar-refractivity contribution in [2.45, 2.75) is 32.7 Å². The quantitative estimate of drug-likeness (QED) is 0.429. The zero-order valence-electron chi connectivity index (χ0n) is 20.3. The maximum absolute atomic E-state index is 13.8. The standard InChI is InChI=1S/C29H27N3O3/c1-16(2)31-14-21-26(20-12-13-25(35-4)19-9-6-5-8-18(19)20)28-23(15-32(17(3)33)29(28)34)30-22-10-7-11-24(31)27(21)22/h5-14,16,26,30H,15H2,1-4H3/t26-/m1/s1. The summed E-state index contributed by atoms with van der Waals surface area (Å²) in [6.45, 7) is 6.02. The maximum atomic E-state index is 13.8. The molecule has 0 saturated heterocycles. The number of nitrogens with zero attached hydrogens (tertiary/aromatic N) is 2. The Hall–Kier alpha value is -4.06. The number of fused-ring (bicyclic) bond motifs is 1. The fourth-order valence-corrected chi connectivity index (χ4v) is 5.71. The van der Waals surface area contributed by atoms with E-state index in [9.17, 15) is 9.59 Å². The van der Waals surface area contributed by atoms with Gasteiger partial charge in [-0.1, -0.05) is 36.4 Å². The van der Waals surface area contributed by atoms with Crippen LogP contribution in [0, 0.1) is 0 Å². The van der Waals surface area contributed by atoms with E-state index in [0.717, 1.165) is 49.9 Å². The van der Waals surface area contributed by atoms with Crippen LogP contribution in [0.15, 0.2) is 72.1 Å². The van der Waals surface area contributed by atoms with Crippen molar-refractivity contribution in [2.75, 3.05) is 19.0 Å². The van der Waals surface area contributed by atoms with Crippen molar-refractivity contribution in [3.05, 3.63) is 83.2 Å². The third kappa shape index (κ3) is 3.02. The maximum Gasteiger partial charge on any atom is 0.259 e. The molecule has 2 aliphatic rings. The van der Waals surface area contributed by atoms with Crippen molar-refractivity contribution in [2.24, 2.45) is 0 Å². The van der Waals surface area contributed by atoms with Gasteiger partial charge in [-0.25, -0.2) is 0 Å². The van der Waals surface area contributed by atoms with Crippen LogP contribution in [0.25, 0.3) is 21.7 Å². The van der Waals surface area contributed by atoms with E-state index in [1.165, 1.54) is 11.8 Å². The molecule has 2 aliphatic heterocycles. The van der Waals surface area contributed by atoms with Crippen molar-refractivity contribution in [3.8, 4) is 5.75 Å². The lowest BCUT2D eigenvalue weighted by Gasteiger charge is -2.22. The molecule has 1 aromatic heterocycles. The third-order valence-corrected chi connectivity index (χ3v) is 7.27. The number of ether oxygens (including phenoxy) is 1. The van der Waals surface area contributed by atoms with Crippen LogP contribution in [0.3, 0.4) is 0 Å². The first-order valence-corrected chi connectivity index (χ1v) is 11.9. The van der Waals surface area contributed by atoms with Crippen LogP contribution in [0.5, 0.6) is 5.75 Å². The number of imide groups is 1. The second-order valence-electron chi connectivity index (χ2n) is 9.55. The lowest BCUT2D eigenvalue weighted by molar-refractivity contribution is -0.139. The predicted octanol–water partition coefficient (Wildman–Crippen LogP) is 5.58. The first-order valence-electron chi connectivity index (χ1n) is 11.9. The van der Waals surface area contributed by atoms with E-state index in [4.69, 9.17) is 4.74 Å². The number of aromatic nitrogens is 1. The van der Waals surface area contributed by atoms with Crippen molar-refractivity contribution in [1.82, 2.24) is 9.47 Å². The molecule has 6 heteroatoms. The van der Waals surface area contributed by atoms with Crippen molar-refractivity contribution >= 4 is 39.2 Å². The molecule has 6 nitrogen and oxygen atoms in total. The molecule has 6 rings (SSSR count). The summed E-state index contributed by atoms with van der Waals surface area (Å²) in [6, 6.07) is 18.6. The van der Waals surface area contributed by atoms with Gasteiger partial charge in [-0.05, 0) is 48.6 Å². The number of nitrogens with one attached hydrogen (secondary N) is 1. The molecule has 3 aromatic carbocycles. The average Bonchev–Trinajstić information content (AvgIpc) is 3.35. The average molecular weight is 466 g/mol. The summed E-state index contributed by atoms with van der Waals surface area (Å²) in [5, 5.41) is 6.69. The van der Waals surface area contributed by atoms with Crippen molar-refractivity contribution in [3.63, 3.8) is 0 Å². The van der Waals surface area contributed by atoms with Crippen LogP contribution in [0.2, 0.25) is 0 Å².